The van der Waals surface area contributed by atoms with Gasteiger partial charge in [0.15, 0.2) is 0 Å². The number of carboxylic acids is 1. The molecule has 7 heteroatoms. The van der Waals surface area contributed by atoms with E-state index in [-0.39, 0.29) is 5.56 Å². The molecule has 1 N–H and O–H groups in total. The lowest BCUT2D eigenvalue weighted by Gasteiger charge is -2.25. The van der Waals surface area contributed by atoms with Crippen molar-refractivity contribution in [3.63, 3.8) is 0 Å². The van der Waals surface area contributed by atoms with E-state index in [1.807, 2.05) is 0 Å². The summed E-state index contributed by atoms with van der Waals surface area (Å²) in [5.74, 6) is -0.921. The Morgan fingerprint density at radius 1 is 1.43 bits per heavy atom. The van der Waals surface area contributed by atoms with Crippen LogP contribution in [0.2, 0.25) is 0 Å². The third-order valence-electron chi connectivity index (χ3n) is 3.88. The van der Waals surface area contributed by atoms with Crippen LogP contribution in [0.4, 0.5) is 0 Å². The molecule has 2 rings (SSSR count). The van der Waals surface area contributed by atoms with Crippen LogP contribution in [0.15, 0.2) is 18.3 Å². The van der Waals surface area contributed by atoms with Crippen LogP contribution in [-0.4, -0.2) is 82.6 Å². The number of carbonyl (C=O) groups is 1. The lowest BCUT2D eigenvalue weighted by molar-refractivity contribution is 0.0696. The first kappa shape index (κ1) is 17.8. The van der Waals surface area contributed by atoms with E-state index in [2.05, 4.69) is 33.8 Å². The van der Waals surface area contributed by atoms with Gasteiger partial charge in [0, 0.05) is 45.5 Å². The Morgan fingerprint density at radius 3 is 2.91 bits per heavy atom. The van der Waals surface area contributed by atoms with E-state index in [0.717, 1.165) is 49.8 Å². The average molecular weight is 336 g/mol. The second kappa shape index (κ2) is 8.33. The van der Waals surface area contributed by atoms with Gasteiger partial charge >= 0.3 is 5.97 Å². The second-order valence-electron chi connectivity index (χ2n) is 6.09. The summed E-state index contributed by atoms with van der Waals surface area (Å²) < 4.78 is 0. The summed E-state index contributed by atoms with van der Waals surface area (Å²) in [5, 5.41) is 9.07. The second-order valence-corrected chi connectivity index (χ2v) is 6.56. The molecule has 1 aliphatic heterocycles. The highest BCUT2D eigenvalue weighted by Gasteiger charge is 2.19. The van der Waals surface area contributed by atoms with Crippen LogP contribution >= 0.6 is 12.2 Å². The molecular formula is C16H24N4O2S. The molecule has 0 aromatic carbocycles. The van der Waals surface area contributed by atoms with E-state index in [4.69, 9.17) is 17.3 Å². The van der Waals surface area contributed by atoms with Gasteiger partial charge in [-0.2, -0.15) is 0 Å². The Kier molecular flexibility index (Phi) is 6.44. The first-order valence-electron chi connectivity index (χ1n) is 7.79. The Bertz CT molecular complexity index is 565. The largest absolute Gasteiger partial charge is 0.478 e. The summed E-state index contributed by atoms with van der Waals surface area (Å²) in [5.41, 5.74) is 1.05. The maximum atomic E-state index is 11.0. The Labute approximate surface area is 142 Å². The van der Waals surface area contributed by atoms with Gasteiger partial charge in [-0.05, 0) is 32.6 Å². The van der Waals surface area contributed by atoms with Crippen molar-refractivity contribution in [3.8, 4) is 0 Å². The molecule has 0 radical (unpaired) electrons. The van der Waals surface area contributed by atoms with E-state index < -0.39 is 5.97 Å². The number of thiocarbonyl (C=S) groups is 1. The van der Waals surface area contributed by atoms with Gasteiger partial charge in [0.1, 0.15) is 0 Å². The maximum Gasteiger partial charge on any atom is 0.335 e. The van der Waals surface area contributed by atoms with Crippen LogP contribution in [0, 0.1) is 0 Å². The quantitative estimate of drug-likeness (QED) is 0.783. The highest BCUT2D eigenvalue weighted by atomic mass is 32.1. The average Bonchev–Trinajstić information content (AvgIpc) is 2.66. The van der Waals surface area contributed by atoms with E-state index in [9.17, 15) is 4.79 Å². The van der Waals surface area contributed by atoms with Gasteiger partial charge in [-0.15, -0.1) is 0 Å². The highest BCUT2D eigenvalue weighted by Crippen LogP contribution is 2.11. The van der Waals surface area contributed by atoms with E-state index in [0.29, 0.717) is 6.54 Å². The predicted molar refractivity (Wildman–Crippen MR) is 93.8 cm³/mol. The zero-order valence-electron chi connectivity index (χ0n) is 13.7. The number of likely N-dealkylation sites (N-methyl/N-ethyl adjacent to an activating group) is 1. The van der Waals surface area contributed by atoms with Crippen molar-refractivity contribution in [3.05, 3.63) is 29.6 Å². The molecule has 0 aliphatic carbocycles. The van der Waals surface area contributed by atoms with Crippen LogP contribution < -0.4 is 0 Å². The van der Waals surface area contributed by atoms with Gasteiger partial charge in [-0.25, -0.2) is 4.79 Å². The van der Waals surface area contributed by atoms with Gasteiger partial charge in [0.05, 0.1) is 16.2 Å². The number of pyridine rings is 1. The molecule has 0 amide bonds. The SMILES string of the molecule is CN(C)CCN1CCCN(Cc2cc(C(=O)O)ccn2)CC1=S. The van der Waals surface area contributed by atoms with Crippen LogP contribution in [0.1, 0.15) is 22.5 Å². The molecule has 1 aromatic rings. The van der Waals surface area contributed by atoms with Crippen LogP contribution in [0.5, 0.6) is 0 Å². The summed E-state index contributed by atoms with van der Waals surface area (Å²) >= 11 is 5.58. The summed E-state index contributed by atoms with van der Waals surface area (Å²) in [6.45, 7) is 5.21. The number of aromatic nitrogens is 1. The topological polar surface area (TPSA) is 59.9 Å². The number of nitrogens with zero attached hydrogens (tertiary/aromatic N) is 4. The van der Waals surface area contributed by atoms with Gasteiger partial charge in [0.2, 0.25) is 0 Å². The molecule has 0 spiro atoms. The van der Waals surface area contributed by atoms with Crippen LogP contribution in [-0.2, 0) is 6.54 Å². The molecule has 0 bridgehead atoms. The van der Waals surface area contributed by atoms with Crippen molar-refractivity contribution in [1.82, 2.24) is 19.7 Å². The number of carboxylic acid groups (broad SMARTS) is 1. The summed E-state index contributed by atoms with van der Waals surface area (Å²) in [6.07, 6.45) is 2.60. The Morgan fingerprint density at radius 2 is 2.22 bits per heavy atom. The first-order chi connectivity index (χ1) is 11.0. The molecule has 1 saturated heterocycles. The minimum Gasteiger partial charge on any atom is -0.478 e. The molecular weight excluding hydrogens is 312 g/mol. The van der Waals surface area contributed by atoms with Gasteiger partial charge in [-0.3, -0.25) is 9.88 Å². The number of aromatic carboxylic acids is 1. The summed E-state index contributed by atoms with van der Waals surface area (Å²) in [4.78, 5) is 23.0. The fraction of sp³-hybridized carbons (Fsp3) is 0.562. The Hall–Kier alpha value is -1.57. The molecule has 0 atom stereocenters. The number of rotatable bonds is 6. The molecule has 23 heavy (non-hydrogen) atoms. The number of hydrogen-bond donors (Lipinski definition) is 1. The predicted octanol–water partition coefficient (Wildman–Crippen LogP) is 1.18. The van der Waals surface area contributed by atoms with Crippen LogP contribution in [0.3, 0.4) is 0 Å². The lowest BCUT2D eigenvalue weighted by Crippen LogP contribution is -2.38. The van der Waals surface area contributed by atoms with Gasteiger partial charge < -0.3 is 14.9 Å². The van der Waals surface area contributed by atoms with Crippen LogP contribution in [0.25, 0.3) is 0 Å². The van der Waals surface area contributed by atoms with E-state index >= 15 is 0 Å². The fourth-order valence-electron chi connectivity index (χ4n) is 2.60. The summed E-state index contributed by atoms with van der Waals surface area (Å²) in [6, 6.07) is 3.15. The normalized spacial score (nSPS) is 16.7. The Balaban J connectivity index is 1.95. The van der Waals surface area contributed by atoms with Crippen molar-refractivity contribution in [2.45, 2.75) is 13.0 Å². The fourth-order valence-corrected chi connectivity index (χ4v) is 2.96. The van der Waals surface area contributed by atoms with E-state index in [1.165, 1.54) is 6.07 Å². The molecule has 2 heterocycles. The third-order valence-corrected chi connectivity index (χ3v) is 4.27. The maximum absolute atomic E-state index is 11.0. The van der Waals surface area contributed by atoms with Gasteiger partial charge in [0.25, 0.3) is 0 Å². The molecule has 126 valence electrons. The standard InChI is InChI=1S/C16H24N4O2S/c1-18(2)8-9-20-7-3-6-19(12-15(20)23)11-14-10-13(16(21)22)4-5-17-14/h4-5,10H,3,6-9,11-12H2,1-2H3,(H,21,22). The molecule has 1 fully saturated rings. The minimum atomic E-state index is -0.921. The summed E-state index contributed by atoms with van der Waals surface area (Å²) in [7, 11) is 4.13. The lowest BCUT2D eigenvalue weighted by atomic mass is 10.2. The first-order valence-corrected chi connectivity index (χ1v) is 8.19. The monoisotopic (exact) mass is 336 g/mol. The molecule has 1 aliphatic rings. The zero-order chi connectivity index (χ0) is 16.8. The minimum absolute atomic E-state index is 0.278. The van der Waals surface area contributed by atoms with E-state index in [1.54, 1.807) is 12.3 Å². The van der Waals surface area contributed by atoms with Crippen molar-refractivity contribution in [2.75, 3.05) is 46.8 Å². The van der Waals surface area contributed by atoms with Crippen molar-refractivity contribution in [2.24, 2.45) is 0 Å². The number of hydrogen-bond acceptors (Lipinski definition) is 5. The smallest absolute Gasteiger partial charge is 0.335 e. The zero-order valence-corrected chi connectivity index (χ0v) is 14.6. The molecule has 1 aromatic heterocycles. The van der Waals surface area contributed by atoms with Crippen molar-refractivity contribution < 1.29 is 9.90 Å². The third kappa shape index (κ3) is 5.53. The highest BCUT2D eigenvalue weighted by molar-refractivity contribution is 7.80. The molecule has 0 unspecified atom stereocenters. The molecule has 0 saturated carbocycles. The van der Waals surface area contributed by atoms with Crippen molar-refractivity contribution in [1.29, 1.82) is 0 Å². The van der Waals surface area contributed by atoms with Gasteiger partial charge in [-0.1, -0.05) is 12.2 Å². The molecule has 6 nitrogen and oxygen atoms in total. The van der Waals surface area contributed by atoms with Crippen molar-refractivity contribution >= 4 is 23.2 Å².